The lowest BCUT2D eigenvalue weighted by atomic mass is 9.80. The quantitative estimate of drug-likeness (QED) is 0.730. The molecule has 0 saturated carbocycles. The average molecular weight is 217 g/mol. The molecule has 2 rings (SSSR count). The maximum absolute atomic E-state index is 3.72. The first-order valence-electron chi connectivity index (χ1n) is 6.32. The molecule has 0 aliphatic carbocycles. The Labute approximate surface area is 99.3 Å². The Balaban J connectivity index is 2.53. The molecular weight excluding hydrogens is 194 g/mol. The first kappa shape index (κ1) is 11.5. The Bertz CT molecular complexity index is 376. The highest BCUT2D eigenvalue weighted by Crippen LogP contribution is 2.42. The van der Waals surface area contributed by atoms with Gasteiger partial charge >= 0.3 is 0 Å². The highest BCUT2D eigenvalue weighted by Gasteiger charge is 2.30. The molecule has 0 unspecified atom stereocenters. The maximum atomic E-state index is 3.72. The van der Waals surface area contributed by atoms with E-state index >= 15 is 0 Å². The van der Waals surface area contributed by atoms with Crippen LogP contribution in [0.2, 0.25) is 0 Å². The standard InChI is InChI=1S/C15H23N/c1-10(2)12-7-6-8-13-11(3)9-15(4,5)16-14(12)13/h6-8,10-11,16H,9H2,1-5H3/t11-/m0/s1. The van der Waals surface area contributed by atoms with Crippen molar-refractivity contribution in [3.8, 4) is 0 Å². The first-order chi connectivity index (χ1) is 7.41. The van der Waals surface area contributed by atoms with Gasteiger partial charge in [0, 0.05) is 11.2 Å². The van der Waals surface area contributed by atoms with Gasteiger partial charge in [0.15, 0.2) is 0 Å². The molecule has 1 heteroatoms. The van der Waals surface area contributed by atoms with Crippen LogP contribution in [0.1, 0.15) is 64.0 Å². The Morgan fingerprint density at radius 3 is 2.62 bits per heavy atom. The largest absolute Gasteiger partial charge is 0.380 e. The van der Waals surface area contributed by atoms with Crippen molar-refractivity contribution < 1.29 is 0 Å². The molecule has 0 saturated heterocycles. The van der Waals surface area contributed by atoms with E-state index in [4.69, 9.17) is 0 Å². The molecule has 0 spiro atoms. The number of para-hydroxylation sites is 1. The zero-order chi connectivity index (χ0) is 11.9. The van der Waals surface area contributed by atoms with Crippen molar-refractivity contribution in [3.63, 3.8) is 0 Å². The fraction of sp³-hybridized carbons (Fsp3) is 0.600. The van der Waals surface area contributed by atoms with Gasteiger partial charge in [0.1, 0.15) is 0 Å². The lowest BCUT2D eigenvalue weighted by Crippen LogP contribution is -2.37. The second-order valence-electron chi connectivity index (χ2n) is 6.08. The maximum Gasteiger partial charge on any atom is 0.0414 e. The molecule has 0 amide bonds. The monoisotopic (exact) mass is 217 g/mol. The summed E-state index contributed by atoms with van der Waals surface area (Å²) in [4.78, 5) is 0. The lowest BCUT2D eigenvalue weighted by Gasteiger charge is -2.39. The molecule has 1 aromatic carbocycles. The van der Waals surface area contributed by atoms with Gasteiger partial charge < -0.3 is 5.32 Å². The molecule has 1 aliphatic rings. The minimum Gasteiger partial charge on any atom is -0.380 e. The van der Waals surface area contributed by atoms with E-state index in [9.17, 15) is 0 Å². The Kier molecular flexibility index (Phi) is 2.73. The summed E-state index contributed by atoms with van der Waals surface area (Å²) in [6.45, 7) is 11.5. The normalized spacial score (nSPS) is 22.8. The molecule has 88 valence electrons. The molecule has 1 atom stereocenters. The SMILES string of the molecule is CC(C)c1cccc2c1NC(C)(C)C[C@@H]2C. The fourth-order valence-corrected chi connectivity index (χ4v) is 2.89. The summed E-state index contributed by atoms with van der Waals surface area (Å²) in [5.74, 6) is 1.24. The van der Waals surface area contributed by atoms with Crippen LogP contribution in [0.15, 0.2) is 18.2 Å². The number of nitrogens with one attached hydrogen (secondary N) is 1. The minimum atomic E-state index is 0.220. The third kappa shape index (κ3) is 1.95. The molecule has 16 heavy (non-hydrogen) atoms. The number of hydrogen-bond acceptors (Lipinski definition) is 1. The van der Waals surface area contributed by atoms with Crippen molar-refractivity contribution in [2.24, 2.45) is 0 Å². The summed E-state index contributed by atoms with van der Waals surface area (Å²) in [7, 11) is 0. The Morgan fingerprint density at radius 1 is 1.31 bits per heavy atom. The summed E-state index contributed by atoms with van der Waals surface area (Å²) in [6, 6.07) is 6.73. The number of benzene rings is 1. The van der Waals surface area contributed by atoms with Crippen molar-refractivity contribution in [1.29, 1.82) is 0 Å². The third-order valence-corrected chi connectivity index (χ3v) is 3.56. The van der Waals surface area contributed by atoms with Crippen LogP contribution in [0, 0.1) is 0 Å². The van der Waals surface area contributed by atoms with Gasteiger partial charge in [-0.05, 0) is 43.2 Å². The van der Waals surface area contributed by atoms with Crippen molar-refractivity contribution in [2.45, 2.75) is 58.4 Å². The summed E-state index contributed by atoms with van der Waals surface area (Å²) >= 11 is 0. The van der Waals surface area contributed by atoms with Gasteiger partial charge in [0.2, 0.25) is 0 Å². The van der Waals surface area contributed by atoms with Crippen LogP contribution < -0.4 is 5.32 Å². The summed E-state index contributed by atoms with van der Waals surface area (Å²) < 4.78 is 0. The number of fused-ring (bicyclic) bond motifs is 1. The average Bonchev–Trinajstić information content (AvgIpc) is 2.14. The summed E-state index contributed by atoms with van der Waals surface area (Å²) in [6.07, 6.45) is 1.21. The van der Waals surface area contributed by atoms with E-state index in [-0.39, 0.29) is 5.54 Å². The van der Waals surface area contributed by atoms with E-state index in [1.165, 1.54) is 23.2 Å². The van der Waals surface area contributed by atoms with E-state index in [0.29, 0.717) is 11.8 Å². The van der Waals surface area contributed by atoms with E-state index in [1.54, 1.807) is 0 Å². The Hall–Kier alpha value is -0.980. The molecule has 1 heterocycles. The van der Waals surface area contributed by atoms with Crippen molar-refractivity contribution in [3.05, 3.63) is 29.3 Å². The van der Waals surface area contributed by atoms with Crippen molar-refractivity contribution in [2.75, 3.05) is 5.32 Å². The van der Waals surface area contributed by atoms with Gasteiger partial charge in [-0.25, -0.2) is 0 Å². The number of hydrogen-bond donors (Lipinski definition) is 1. The first-order valence-corrected chi connectivity index (χ1v) is 6.32. The Morgan fingerprint density at radius 2 is 2.00 bits per heavy atom. The predicted octanol–water partition coefficient (Wildman–Crippen LogP) is 4.51. The van der Waals surface area contributed by atoms with Gasteiger partial charge in [-0.15, -0.1) is 0 Å². The van der Waals surface area contributed by atoms with Crippen LogP contribution in [0.3, 0.4) is 0 Å². The van der Waals surface area contributed by atoms with Crippen LogP contribution in [0.4, 0.5) is 5.69 Å². The summed E-state index contributed by atoms with van der Waals surface area (Å²) in [5.41, 5.74) is 4.56. The van der Waals surface area contributed by atoms with E-state index in [1.807, 2.05) is 0 Å². The molecule has 1 nitrogen and oxygen atoms in total. The van der Waals surface area contributed by atoms with Gasteiger partial charge in [0.05, 0.1) is 0 Å². The van der Waals surface area contributed by atoms with E-state index < -0.39 is 0 Å². The smallest absolute Gasteiger partial charge is 0.0414 e. The molecule has 1 aliphatic heterocycles. The molecule has 0 radical (unpaired) electrons. The van der Waals surface area contributed by atoms with E-state index in [0.717, 1.165) is 0 Å². The number of rotatable bonds is 1. The third-order valence-electron chi connectivity index (χ3n) is 3.56. The zero-order valence-electron chi connectivity index (χ0n) is 11.1. The predicted molar refractivity (Wildman–Crippen MR) is 71.3 cm³/mol. The van der Waals surface area contributed by atoms with Gasteiger partial charge in [-0.2, -0.15) is 0 Å². The topological polar surface area (TPSA) is 12.0 Å². The molecule has 1 aromatic rings. The number of anilines is 1. The van der Waals surface area contributed by atoms with Crippen molar-refractivity contribution >= 4 is 5.69 Å². The van der Waals surface area contributed by atoms with Crippen LogP contribution >= 0.6 is 0 Å². The zero-order valence-corrected chi connectivity index (χ0v) is 11.1. The minimum absolute atomic E-state index is 0.220. The molecule has 1 N–H and O–H groups in total. The highest BCUT2D eigenvalue weighted by atomic mass is 15.0. The van der Waals surface area contributed by atoms with Crippen molar-refractivity contribution in [1.82, 2.24) is 0 Å². The second-order valence-corrected chi connectivity index (χ2v) is 6.08. The van der Waals surface area contributed by atoms with Gasteiger partial charge in [-0.1, -0.05) is 39.0 Å². The van der Waals surface area contributed by atoms with Gasteiger partial charge in [0.25, 0.3) is 0 Å². The van der Waals surface area contributed by atoms with Crippen LogP contribution in [-0.4, -0.2) is 5.54 Å². The molecular formula is C15H23N. The fourth-order valence-electron chi connectivity index (χ4n) is 2.89. The van der Waals surface area contributed by atoms with Crippen LogP contribution in [-0.2, 0) is 0 Å². The highest BCUT2D eigenvalue weighted by molar-refractivity contribution is 5.63. The lowest BCUT2D eigenvalue weighted by molar-refractivity contribution is 0.452. The molecule has 0 fully saturated rings. The second kappa shape index (κ2) is 3.80. The molecule has 0 bridgehead atoms. The van der Waals surface area contributed by atoms with E-state index in [2.05, 4.69) is 58.1 Å². The summed E-state index contributed by atoms with van der Waals surface area (Å²) in [5, 5.41) is 3.72. The van der Waals surface area contributed by atoms with Crippen LogP contribution in [0.5, 0.6) is 0 Å². The molecule has 0 aromatic heterocycles. The van der Waals surface area contributed by atoms with Gasteiger partial charge in [-0.3, -0.25) is 0 Å². The van der Waals surface area contributed by atoms with Crippen LogP contribution in [0.25, 0.3) is 0 Å².